The SMILES string of the molecule is CC1=CCC[C@H]2[C@]3(C)CC[C@@]4(C)[C@@H]5[C@H](O)C[C@H](C(C)C)[C@@]5(C)CC[C@]4(C)[C@H]3CC[C@]12C. The first-order chi connectivity index (χ1) is 14.3. The van der Waals surface area contributed by atoms with Crippen LogP contribution in [0.1, 0.15) is 113 Å². The second-order valence-corrected chi connectivity index (χ2v) is 14.5. The zero-order valence-electron chi connectivity index (χ0n) is 21.9. The van der Waals surface area contributed by atoms with E-state index >= 15 is 0 Å². The molecule has 31 heavy (non-hydrogen) atoms. The van der Waals surface area contributed by atoms with E-state index in [1.165, 1.54) is 51.4 Å². The lowest BCUT2D eigenvalue weighted by atomic mass is 9.31. The van der Waals surface area contributed by atoms with Crippen LogP contribution in [0.5, 0.6) is 0 Å². The highest BCUT2D eigenvalue weighted by atomic mass is 16.3. The molecule has 0 amide bonds. The molecule has 4 fully saturated rings. The van der Waals surface area contributed by atoms with Gasteiger partial charge in [0.2, 0.25) is 0 Å². The minimum atomic E-state index is -0.0971. The van der Waals surface area contributed by atoms with Crippen molar-refractivity contribution < 1.29 is 5.11 Å². The van der Waals surface area contributed by atoms with Crippen LogP contribution >= 0.6 is 0 Å². The summed E-state index contributed by atoms with van der Waals surface area (Å²) in [4.78, 5) is 0. The maximum absolute atomic E-state index is 11.5. The van der Waals surface area contributed by atoms with Gasteiger partial charge in [-0.25, -0.2) is 0 Å². The average molecular weight is 427 g/mol. The van der Waals surface area contributed by atoms with Gasteiger partial charge in [0.1, 0.15) is 0 Å². The van der Waals surface area contributed by atoms with Crippen molar-refractivity contribution in [2.24, 2.45) is 56.7 Å². The third-order valence-electron chi connectivity index (χ3n) is 13.5. The first kappa shape index (κ1) is 22.5. The van der Waals surface area contributed by atoms with Crippen LogP contribution in [0.25, 0.3) is 0 Å². The zero-order chi connectivity index (χ0) is 22.6. The molecule has 5 rings (SSSR count). The Balaban J connectivity index is 1.56. The van der Waals surface area contributed by atoms with Gasteiger partial charge in [0, 0.05) is 0 Å². The van der Waals surface area contributed by atoms with Gasteiger partial charge in [-0.1, -0.05) is 60.1 Å². The van der Waals surface area contributed by atoms with Gasteiger partial charge in [0.15, 0.2) is 0 Å². The molecule has 0 aromatic rings. The van der Waals surface area contributed by atoms with E-state index in [9.17, 15) is 5.11 Å². The standard InChI is InChI=1S/C30H50O/c1-19(2)21-18-22(31)25-27(21,5)14-16-29(7)24-12-13-26(4)20(3)10-9-11-23(26)28(24,6)15-17-30(25,29)8/h10,19,21-25,31H,9,11-18H2,1-8H3/t21-,22-,23-,24+,25-,26-,27-,28+,29-,30+/m1/s1. The van der Waals surface area contributed by atoms with Gasteiger partial charge in [0.25, 0.3) is 0 Å². The van der Waals surface area contributed by atoms with Crippen LogP contribution in [0.15, 0.2) is 11.6 Å². The van der Waals surface area contributed by atoms with E-state index in [-0.39, 0.29) is 11.5 Å². The monoisotopic (exact) mass is 426 g/mol. The zero-order valence-corrected chi connectivity index (χ0v) is 21.9. The smallest absolute Gasteiger partial charge is 0.0582 e. The normalized spacial score (nSPS) is 58.8. The van der Waals surface area contributed by atoms with E-state index in [0.717, 1.165) is 18.3 Å². The summed E-state index contributed by atoms with van der Waals surface area (Å²) in [5, 5.41) is 11.5. The Bertz CT molecular complexity index is 781. The van der Waals surface area contributed by atoms with E-state index < -0.39 is 0 Å². The number of hydrogen-bond acceptors (Lipinski definition) is 1. The minimum absolute atomic E-state index is 0.0971. The van der Waals surface area contributed by atoms with Crippen molar-refractivity contribution in [3.05, 3.63) is 11.6 Å². The molecule has 176 valence electrons. The van der Waals surface area contributed by atoms with Gasteiger partial charge >= 0.3 is 0 Å². The molecule has 1 N–H and O–H groups in total. The quantitative estimate of drug-likeness (QED) is 0.421. The molecule has 0 heterocycles. The largest absolute Gasteiger partial charge is 0.393 e. The molecule has 0 aromatic carbocycles. The molecule has 0 aliphatic heterocycles. The van der Waals surface area contributed by atoms with Crippen molar-refractivity contribution in [3.63, 3.8) is 0 Å². The molecule has 4 saturated carbocycles. The number of hydrogen-bond donors (Lipinski definition) is 1. The first-order valence-corrected chi connectivity index (χ1v) is 13.7. The van der Waals surface area contributed by atoms with Gasteiger partial charge < -0.3 is 5.11 Å². The highest BCUT2D eigenvalue weighted by Gasteiger charge is 2.72. The molecule has 0 aromatic heterocycles. The summed E-state index contributed by atoms with van der Waals surface area (Å²) in [6, 6.07) is 0. The molecule has 0 radical (unpaired) electrons. The Morgan fingerprint density at radius 3 is 2.16 bits per heavy atom. The summed E-state index contributed by atoms with van der Waals surface area (Å²) in [5.74, 6) is 3.51. The number of aliphatic hydroxyl groups is 1. The van der Waals surface area contributed by atoms with E-state index in [4.69, 9.17) is 0 Å². The van der Waals surface area contributed by atoms with Crippen molar-refractivity contribution in [2.45, 2.75) is 119 Å². The molecule has 1 nitrogen and oxygen atoms in total. The van der Waals surface area contributed by atoms with E-state index in [1.807, 2.05) is 0 Å². The van der Waals surface area contributed by atoms with Crippen LogP contribution in [0.4, 0.5) is 0 Å². The van der Waals surface area contributed by atoms with Crippen LogP contribution < -0.4 is 0 Å². The van der Waals surface area contributed by atoms with Crippen molar-refractivity contribution in [1.82, 2.24) is 0 Å². The second kappa shape index (κ2) is 6.64. The summed E-state index contributed by atoms with van der Waals surface area (Å²) in [5.41, 5.74) is 3.54. The molecule has 0 spiro atoms. The summed E-state index contributed by atoms with van der Waals surface area (Å²) in [6.45, 7) is 20.5. The number of rotatable bonds is 1. The molecule has 5 aliphatic carbocycles. The lowest BCUT2D eigenvalue weighted by molar-refractivity contribution is -0.245. The number of aliphatic hydroxyl groups excluding tert-OH is 1. The highest BCUT2D eigenvalue weighted by molar-refractivity contribution is 5.26. The first-order valence-electron chi connectivity index (χ1n) is 13.7. The second-order valence-electron chi connectivity index (χ2n) is 14.5. The fourth-order valence-electron chi connectivity index (χ4n) is 11.7. The van der Waals surface area contributed by atoms with Crippen LogP contribution in [0.3, 0.4) is 0 Å². The Labute approximate surface area is 192 Å². The van der Waals surface area contributed by atoms with Gasteiger partial charge in [-0.05, 0) is 121 Å². The topological polar surface area (TPSA) is 20.2 Å². The molecule has 1 heteroatoms. The van der Waals surface area contributed by atoms with E-state index in [2.05, 4.69) is 61.5 Å². The molecular formula is C30H50O. The predicted octanol–water partition coefficient (Wildman–Crippen LogP) is 8.02. The molecule has 10 atom stereocenters. The van der Waals surface area contributed by atoms with Gasteiger partial charge in [0.05, 0.1) is 6.10 Å². The molecule has 0 unspecified atom stereocenters. The molecule has 0 saturated heterocycles. The van der Waals surface area contributed by atoms with E-state index in [1.54, 1.807) is 5.57 Å². The van der Waals surface area contributed by atoms with Crippen LogP contribution in [0, 0.1) is 56.7 Å². The highest BCUT2D eigenvalue weighted by Crippen LogP contribution is 2.78. The van der Waals surface area contributed by atoms with Crippen LogP contribution in [0.2, 0.25) is 0 Å². The van der Waals surface area contributed by atoms with Crippen molar-refractivity contribution in [1.29, 1.82) is 0 Å². The summed E-state index contributed by atoms with van der Waals surface area (Å²) in [7, 11) is 0. The number of allylic oxidation sites excluding steroid dienone is 2. The predicted molar refractivity (Wildman–Crippen MR) is 131 cm³/mol. The molecular weight excluding hydrogens is 376 g/mol. The fraction of sp³-hybridized carbons (Fsp3) is 0.933. The Morgan fingerprint density at radius 1 is 0.839 bits per heavy atom. The summed E-state index contributed by atoms with van der Waals surface area (Å²) >= 11 is 0. The molecule has 5 aliphatic rings. The van der Waals surface area contributed by atoms with Gasteiger partial charge in [-0.2, -0.15) is 0 Å². The Morgan fingerprint density at radius 2 is 1.48 bits per heavy atom. The Hall–Kier alpha value is -0.300. The van der Waals surface area contributed by atoms with Crippen molar-refractivity contribution >= 4 is 0 Å². The summed E-state index contributed by atoms with van der Waals surface area (Å²) in [6.07, 6.45) is 14.4. The lowest BCUT2D eigenvalue weighted by Gasteiger charge is -2.73. The van der Waals surface area contributed by atoms with E-state index in [0.29, 0.717) is 39.4 Å². The maximum Gasteiger partial charge on any atom is 0.0582 e. The maximum atomic E-state index is 11.5. The van der Waals surface area contributed by atoms with Crippen molar-refractivity contribution in [2.75, 3.05) is 0 Å². The average Bonchev–Trinajstić information content (AvgIpc) is 2.97. The van der Waals surface area contributed by atoms with Gasteiger partial charge in [-0.15, -0.1) is 0 Å². The van der Waals surface area contributed by atoms with Crippen LogP contribution in [-0.4, -0.2) is 11.2 Å². The van der Waals surface area contributed by atoms with Crippen LogP contribution in [-0.2, 0) is 0 Å². The van der Waals surface area contributed by atoms with Gasteiger partial charge in [-0.3, -0.25) is 0 Å². The molecule has 0 bridgehead atoms. The summed E-state index contributed by atoms with van der Waals surface area (Å²) < 4.78 is 0. The fourth-order valence-corrected chi connectivity index (χ4v) is 11.7. The third-order valence-corrected chi connectivity index (χ3v) is 13.5. The van der Waals surface area contributed by atoms with Crippen molar-refractivity contribution in [3.8, 4) is 0 Å². The third kappa shape index (κ3) is 2.54. The number of fused-ring (bicyclic) bond motifs is 7. The minimum Gasteiger partial charge on any atom is -0.393 e. The lowest BCUT2D eigenvalue weighted by Crippen LogP contribution is -2.66. The Kier molecular flexibility index (Phi) is 4.82.